The van der Waals surface area contributed by atoms with Crippen LogP contribution in [0.15, 0.2) is 0 Å². The summed E-state index contributed by atoms with van der Waals surface area (Å²) in [5.74, 6) is 0. The zero-order valence-corrected chi connectivity index (χ0v) is 14.5. The van der Waals surface area contributed by atoms with Crippen LogP contribution in [0.4, 0.5) is 5.13 Å². The maximum absolute atomic E-state index is 5.21. The normalized spacial score (nSPS) is 11.6. The zero-order chi connectivity index (χ0) is 15.1. The van der Waals surface area contributed by atoms with Crippen molar-refractivity contribution in [1.82, 2.24) is 10.3 Å². The molecule has 1 heterocycles. The van der Waals surface area contributed by atoms with E-state index in [4.69, 9.17) is 9.72 Å². The second-order valence-corrected chi connectivity index (χ2v) is 6.60. The summed E-state index contributed by atoms with van der Waals surface area (Å²) in [6.45, 7) is 13.5. The van der Waals surface area contributed by atoms with Crippen LogP contribution in [0.25, 0.3) is 0 Å². The molecule has 0 saturated heterocycles. The van der Waals surface area contributed by atoms with E-state index < -0.39 is 0 Å². The molecule has 0 aliphatic carbocycles. The van der Waals surface area contributed by atoms with E-state index in [1.807, 2.05) is 11.3 Å². The molecular weight excluding hydrogens is 270 g/mol. The number of ether oxygens (including phenoxy) is 1. The maximum atomic E-state index is 5.21. The molecule has 0 fully saturated rings. The lowest BCUT2D eigenvalue weighted by molar-refractivity contribution is 0.204. The number of nitrogens with zero attached hydrogens (tertiary/aromatic N) is 2. The molecule has 1 aromatic rings. The lowest BCUT2D eigenvalue weighted by Crippen LogP contribution is -2.33. The van der Waals surface area contributed by atoms with E-state index in [9.17, 15) is 0 Å². The first-order valence-electron chi connectivity index (χ1n) is 7.47. The summed E-state index contributed by atoms with van der Waals surface area (Å²) in [6, 6.07) is 0.937. The lowest BCUT2D eigenvalue weighted by atomic mass is 10.3. The quantitative estimate of drug-likeness (QED) is 0.760. The third-order valence-electron chi connectivity index (χ3n) is 3.18. The second kappa shape index (κ2) is 8.60. The topological polar surface area (TPSA) is 37.4 Å². The van der Waals surface area contributed by atoms with E-state index >= 15 is 0 Å². The summed E-state index contributed by atoms with van der Waals surface area (Å²) in [5.41, 5.74) is 1.22. The predicted octanol–water partition coefficient (Wildman–Crippen LogP) is 3.06. The van der Waals surface area contributed by atoms with Gasteiger partial charge in [0, 0.05) is 37.2 Å². The molecule has 0 unspecified atom stereocenters. The van der Waals surface area contributed by atoms with Crippen molar-refractivity contribution in [3.63, 3.8) is 0 Å². The molecule has 0 aliphatic heterocycles. The Kier molecular flexibility index (Phi) is 7.48. The average molecular weight is 299 g/mol. The molecule has 0 saturated carbocycles. The first kappa shape index (κ1) is 17.4. The standard InChI is InChI=1S/C15H29N3OS/c1-7-13-14(10-16-11(2)3)20-15(17-13)18(12(4)5)8-9-19-6/h11-12,16H,7-10H2,1-6H3. The Balaban J connectivity index is 2.87. The molecule has 0 aromatic carbocycles. The van der Waals surface area contributed by atoms with Gasteiger partial charge in [-0.25, -0.2) is 4.98 Å². The maximum Gasteiger partial charge on any atom is 0.186 e. The van der Waals surface area contributed by atoms with Gasteiger partial charge in [0.05, 0.1) is 12.3 Å². The monoisotopic (exact) mass is 299 g/mol. The van der Waals surface area contributed by atoms with Gasteiger partial charge in [-0.2, -0.15) is 0 Å². The van der Waals surface area contributed by atoms with E-state index in [1.165, 1.54) is 10.6 Å². The number of thiazole rings is 1. The average Bonchev–Trinajstić information content (AvgIpc) is 2.79. The molecule has 116 valence electrons. The first-order valence-corrected chi connectivity index (χ1v) is 8.28. The largest absolute Gasteiger partial charge is 0.383 e. The molecule has 4 nitrogen and oxygen atoms in total. The molecule has 0 spiro atoms. The van der Waals surface area contributed by atoms with Crippen LogP contribution in [-0.4, -0.2) is 37.3 Å². The lowest BCUT2D eigenvalue weighted by Gasteiger charge is -2.25. The van der Waals surface area contributed by atoms with Crippen LogP contribution >= 0.6 is 11.3 Å². The number of aromatic nitrogens is 1. The van der Waals surface area contributed by atoms with Crippen LogP contribution in [0.2, 0.25) is 0 Å². The predicted molar refractivity (Wildman–Crippen MR) is 87.8 cm³/mol. The van der Waals surface area contributed by atoms with Gasteiger partial charge in [0.15, 0.2) is 5.13 Å². The summed E-state index contributed by atoms with van der Waals surface area (Å²) >= 11 is 1.81. The highest BCUT2D eigenvalue weighted by molar-refractivity contribution is 7.15. The molecular formula is C15H29N3OS. The summed E-state index contributed by atoms with van der Waals surface area (Å²) in [7, 11) is 1.75. The zero-order valence-electron chi connectivity index (χ0n) is 13.7. The number of hydrogen-bond donors (Lipinski definition) is 1. The minimum atomic E-state index is 0.437. The van der Waals surface area contributed by atoms with Crippen molar-refractivity contribution in [1.29, 1.82) is 0 Å². The van der Waals surface area contributed by atoms with Crippen molar-refractivity contribution in [3.8, 4) is 0 Å². The highest BCUT2D eigenvalue weighted by Crippen LogP contribution is 2.28. The van der Waals surface area contributed by atoms with Crippen molar-refractivity contribution in [2.75, 3.05) is 25.2 Å². The summed E-state index contributed by atoms with van der Waals surface area (Å²) in [5, 5.41) is 4.61. The first-order chi connectivity index (χ1) is 9.49. The van der Waals surface area contributed by atoms with E-state index in [0.29, 0.717) is 12.1 Å². The van der Waals surface area contributed by atoms with Gasteiger partial charge >= 0.3 is 0 Å². The van der Waals surface area contributed by atoms with Crippen molar-refractivity contribution in [2.45, 2.75) is 59.7 Å². The highest BCUT2D eigenvalue weighted by Gasteiger charge is 2.17. The van der Waals surface area contributed by atoms with Crippen LogP contribution in [-0.2, 0) is 17.7 Å². The smallest absolute Gasteiger partial charge is 0.186 e. The molecule has 5 heteroatoms. The SMILES string of the molecule is CCc1nc(N(CCOC)C(C)C)sc1CNC(C)C. The minimum absolute atomic E-state index is 0.437. The number of methoxy groups -OCH3 is 1. The van der Waals surface area contributed by atoms with Gasteiger partial charge in [0.25, 0.3) is 0 Å². The fraction of sp³-hybridized carbons (Fsp3) is 0.800. The van der Waals surface area contributed by atoms with Crippen molar-refractivity contribution in [2.24, 2.45) is 0 Å². The van der Waals surface area contributed by atoms with Crippen molar-refractivity contribution < 1.29 is 4.74 Å². The van der Waals surface area contributed by atoms with E-state index in [-0.39, 0.29) is 0 Å². The molecule has 0 radical (unpaired) electrons. The van der Waals surface area contributed by atoms with Gasteiger partial charge in [0.2, 0.25) is 0 Å². The van der Waals surface area contributed by atoms with Crippen LogP contribution in [0.5, 0.6) is 0 Å². The Bertz CT molecular complexity index is 390. The highest BCUT2D eigenvalue weighted by atomic mass is 32.1. The Hall–Kier alpha value is -0.650. The van der Waals surface area contributed by atoms with E-state index in [1.54, 1.807) is 7.11 Å². The molecule has 0 atom stereocenters. The fourth-order valence-electron chi connectivity index (χ4n) is 1.97. The van der Waals surface area contributed by atoms with E-state index in [2.05, 4.69) is 44.8 Å². The third-order valence-corrected chi connectivity index (χ3v) is 4.31. The van der Waals surface area contributed by atoms with Gasteiger partial charge in [-0.1, -0.05) is 20.8 Å². The Morgan fingerprint density at radius 2 is 2.00 bits per heavy atom. The van der Waals surface area contributed by atoms with Gasteiger partial charge in [0.1, 0.15) is 0 Å². The number of anilines is 1. The third kappa shape index (κ3) is 5.04. The molecule has 0 amide bonds. The fourth-order valence-corrected chi connectivity index (χ4v) is 3.23. The van der Waals surface area contributed by atoms with Gasteiger partial charge in [-0.05, 0) is 20.3 Å². The van der Waals surface area contributed by atoms with Crippen LogP contribution in [0.3, 0.4) is 0 Å². The molecule has 0 bridgehead atoms. The van der Waals surface area contributed by atoms with Gasteiger partial charge in [-0.3, -0.25) is 0 Å². The van der Waals surface area contributed by atoms with Crippen molar-refractivity contribution >= 4 is 16.5 Å². The molecule has 1 N–H and O–H groups in total. The molecule has 0 aliphatic rings. The Morgan fingerprint density at radius 3 is 2.50 bits per heavy atom. The van der Waals surface area contributed by atoms with Crippen molar-refractivity contribution in [3.05, 3.63) is 10.6 Å². The number of hydrogen-bond acceptors (Lipinski definition) is 5. The Morgan fingerprint density at radius 1 is 1.30 bits per heavy atom. The van der Waals surface area contributed by atoms with Gasteiger partial charge in [-0.15, -0.1) is 11.3 Å². The summed E-state index contributed by atoms with van der Waals surface area (Å²) in [4.78, 5) is 8.52. The van der Waals surface area contributed by atoms with Crippen LogP contribution in [0.1, 0.15) is 45.2 Å². The molecule has 1 rings (SSSR count). The summed E-state index contributed by atoms with van der Waals surface area (Å²) < 4.78 is 5.21. The Labute approximate surface area is 127 Å². The van der Waals surface area contributed by atoms with Crippen LogP contribution in [0, 0.1) is 0 Å². The number of nitrogens with one attached hydrogen (secondary N) is 1. The van der Waals surface area contributed by atoms with Gasteiger partial charge < -0.3 is 15.0 Å². The van der Waals surface area contributed by atoms with Crippen LogP contribution < -0.4 is 10.2 Å². The minimum Gasteiger partial charge on any atom is -0.383 e. The number of rotatable bonds is 9. The van der Waals surface area contributed by atoms with E-state index in [0.717, 1.165) is 31.2 Å². The molecule has 1 aromatic heterocycles. The summed E-state index contributed by atoms with van der Waals surface area (Å²) in [6.07, 6.45) is 0.988. The second-order valence-electron chi connectivity index (χ2n) is 5.54. The number of aryl methyl sites for hydroxylation is 1. The molecule has 20 heavy (non-hydrogen) atoms.